The van der Waals surface area contributed by atoms with Crippen molar-refractivity contribution in [1.82, 2.24) is 10.3 Å². The summed E-state index contributed by atoms with van der Waals surface area (Å²) in [5.74, 6) is -0.887. The summed E-state index contributed by atoms with van der Waals surface area (Å²) in [7, 11) is 0. The molecule has 0 spiro atoms. The molecule has 1 aromatic heterocycles. The van der Waals surface area contributed by atoms with Gasteiger partial charge in [-0.05, 0) is 29.8 Å². The normalized spacial score (nSPS) is 12.9. The Bertz CT molecular complexity index is 733. The number of nitrogens with one attached hydrogen (secondary N) is 1. The molecule has 9 heteroatoms. The molecule has 1 heterocycles. The first-order valence-corrected chi connectivity index (χ1v) is 6.66. The number of alkyl halides is 5. The van der Waals surface area contributed by atoms with Gasteiger partial charge in [0.2, 0.25) is 0 Å². The van der Waals surface area contributed by atoms with Crippen LogP contribution in [0.25, 0.3) is 0 Å². The van der Waals surface area contributed by atoms with Crippen LogP contribution in [0.1, 0.15) is 27.5 Å². The van der Waals surface area contributed by atoms with Gasteiger partial charge >= 0.3 is 6.18 Å². The monoisotopic (exact) mass is 345 g/mol. The van der Waals surface area contributed by atoms with Crippen molar-refractivity contribution in [2.45, 2.75) is 18.6 Å². The van der Waals surface area contributed by atoms with E-state index in [1.807, 2.05) is 5.32 Å². The molecule has 24 heavy (non-hydrogen) atoms. The maximum atomic E-state index is 13.2. The Balaban J connectivity index is 2.29. The molecule has 4 nitrogen and oxygen atoms in total. The van der Waals surface area contributed by atoms with Gasteiger partial charge in [0, 0.05) is 11.8 Å². The number of aromatic nitrogens is 1. The molecule has 128 valence electrons. The number of benzene rings is 1. The van der Waals surface area contributed by atoms with Gasteiger partial charge in [-0.2, -0.15) is 13.2 Å². The molecule has 0 saturated heterocycles. The Labute approximate surface area is 133 Å². The number of carbonyl (C=O) groups is 1. The van der Waals surface area contributed by atoms with Crippen molar-refractivity contribution >= 4 is 11.7 Å². The second-order valence-electron chi connectivity index (χ2n) is 4.88. The second kappa shape index (κ2) is 6.81. The summed E-state index contributed by atoms with van der Waals surface area (Å²) in [5.41, 5.74) is 3.95. The summed E-state index contributed by atoms with van der Waals surface area (Å²) in [5, 5.41) is 2.02. The number of pyridine rings is 1. The summed E-state index contributed by atoms with van der Waals surface area (Å²) < 4.78 is 64.6. The number of hydrogen-bond donors (Lipinski definition) is 2. The van der Waals surface area contributed by atoms with Crippen LogP contribution < -0.4 is 11.1 Å². The largest absolute Gasteiger partial charge is 0.416 e. The minimum absolute atomic E-state index is 0.00955. The molecule has 0 bridgehead atoms. The zero-order chi connectivity index (χ0) is 17.9. The van der Waals surface area contributed by atoms with E-state index in [1.165, 1.54) is 18.3 Å². The average Bonchev–Trinajstić information content (AvgIpc) is 2.51. The van der Waals surface area contributed by atoms with Crippen LogP contribution in [0, 0.1) is 0 Å². The van der Waals surface area contributed by atoms with Crippen LogP contribution >= 0.6 is 0 Å². The van der Waals surface area contributed by atoms with E-state index in [-0.39, 0.29) is 16.9 Å². The predicted octanol–water partition coefficient (Wildman–Crippen LogP) is 3.42. The molecule has 0 unspecified atom stereocenters. The van der Waals surface area contributed by atoms with Crippen LogP contribution in [0.5, 0.6) is 0 Å². The van der Waals surface area contributed by atoms with E-state index >= 15 is 0 Å². The number of amides is 1. The molecule has 2 rings (SSSR count). The fraction of sp³-hybridized carbons (Fsp3) is 0.200. The quantitative estimate of drug-likeness (QED) is 0.835. The minimum atomic E-state index is -4.67. The summed E-state index contributed by atoms with van der Waals surface area (Å²) in [6, 6.07) is 3.96. The molecule has 0 saturated carbocycles. The molecular weight excluding hydrogens is 333 g/mol. The fourth-order valence-corrected chi connectivity index (χ4v) is 2.01. The highest BCUT2D eigenvalue weighted by Gasteiger charge is 2.32. The van der Waals surface area contributed by atoms with Crippen molar-refractivity contribution in [2.24, 2.45) is 0 Å². The summed E-state index contributed by atoms with van der Waals surface area (Å²) in [6.07, 6.45) is -6.56. The SMILES string of the molecule is Nc1cc(C(=O)N[C@H](c2cccc(C(F)(F)F)c2)C(F)F)ccn1. The van der Waals surface area contributed by atoms with Gasteiger partial charge in [-0.3, -0.25) is 4.79 Å². The lowest BCUT2D eigenvalue weighted by Gasteiger charge is -2.19. The van der Waals surface area contributed by atoms with Gasteiger partial charge < -0.3 is 11.1 Å². The lowest BCUT2D eigenvalue weighted by atomic mass is 10.0. The Morgan fingerprint density at radius 2 is 1.88 bits per heavy atom. The summed E-state index contributed by atoms with van der Waals surface area (Å²) in [4.78, 5) is 15.7. The van der Waals surface area contributed by atoms with Crippen LogP contribution in [0.2, 0.25) is 0 Å². The fourth-order valence-electron chi connectivity index (χ4n) is 2.01. The van der Waals surface area contributed by atoms with Crippen LogP contribution in [-0.2, 0) is 6.18 Å². The highest BCUT2D eigenvalue weighted by molar-refractivity contribution is 5.95. The molecule has 3 N–H and O–H groups in total. The topological polar surface area (TPSA) is 68.0 Å². The standard InChI is InChI=1S/C15H12F5N3O/c16-13(17)12(8-2-1-3-10(6-8)15(18,19)20)23-14(24)9-4-5-22-11(21)7-9/h1-7,12-13H,(H2,21,22)(H,23,24)/t12-/m1/s1. The third kappa shape index (κ3) is 4.18. The van der Waals surface area contributed by atoms with E-state index in [9.17, 15) is 26.7 Å². The summed E-state index contributed by atoms with van der Waals surface area (Å²) >= 11 is 0. The number of rotatable bonds is 4. The van der Waals surface area contributed by atoms with E-state index in [2.05, 4.69) is 4.98 Å². The number of nitrogens with two attached hydrogens (primary N) is 1. The van der Waals surface area contributed by atoms with E-state index in [1.54, 1.807) is 0 Å². The van der Waals surface area contributed by atoms with Gasteiger partial charge in [0.05, 0.1) is 5.56 Å². The number of nitrogen functional groups attached to an aromatic ring is 1. The van der Waals surface area contributed by atoms with Gasteiger partial charge in [-0.1, -0.05) is 12.1 Å². The Morgan fingerprint density at radius 1 is 1.17 bits per heavy atom. The molecule has 2 aromatic rings. The zero-order valence-corrected chi connectivity index (χ0v) is 12.0. The molecule has 0 fully saturated rings. The number of hydrogen-bond acceptors (Lipinski definition) is 3. The summed E-state index contributed by atoms with van der Waals surface area (Å²) in [6.45, 7) is 0. The molecule has 0 radical (unpaired) electrons. The Kier molecular flexibility index (Phi) is 5.01. The van der Waals surface area contributed by atoms with Crippen LogP contribution in [0.15, 0.2) is 42.6 Å². The first-order valence-electron chi connectivity index (χ1n) is 6.66. The maximum absolute atomic E-state index is 13.2. The van der Waals surface area contributed by atoms with E-state index in [4.69, 9.17) is 5.73 Å². The molecule has 1 atom stereocenters. The van der Waals surface area contributed by atoms with Gasteiger partial charge in [-0.25, -0.2) is 13.8 Å². The number of nitrogens with zero attached hydrogens (tertiary/aromatic N) is 1. The van der Waals surface area contributed by atoms with Gasteiger partial charge in [0.25, 0.3) is 12.3 Å². The number of halogens is 5. The zero-order valence-electron chi connectivity index (χ0n) is 12.0. The van der Waals surface area contributed by atoms with Crippen molar-refractivity contribution in [3.05, 3.63) is 59.3 Å². The Morgan fingerprint density at radius 3 is 2.46 bits per heavy atom. The predicted molar refractivity (Wildman–Crippen MR) is 76.3 cm³/mol. The van der Waals surface area contributed by atoms with Crippen molar-refractivity contribution < 1.29 is 26.7 Å². The maximum Gasteiger partial charge on any atom is 0.416 e. The number of anilines is 1. The highest BCUT2D eigenvalue weighted by atomic mass is 19.4. The smallest absolute Gasteiger partial charge is 0.384 e. The van der Waals surface area contributed by atoms with Gasteiger partial charge in [0.15, 0.2) is 0 Å². The van der Waals surface area contributed by atoms with E-state index in [0.717, 1.165) is 18.2 Å². The van der Waals surface area contributed by atoms with Gasteiger partial charge in [0.1, 0.15) is 11.9 Å². The minimum Gasteiger partial charge on any atom is -0.384 e. The van der Waals surface area contributed by atoms with Crippen LogP contribution in [0.3, 0.4) is 0 Å². The molecule has 0 aliphatic rings. The van der Waals surface area contributed by atoms with E-state index in [0.29, 0.717) is 6.07 Å². The average molecular weight is 345 g/mol. The number of carbonyl (C=O) groups excluding carboxylic acids is 1. The van der Waals surface area contributed by atoms with E-state index < -0.39 is 30.1 Å². The third-order valence-electron chi connectivity index (χ3n) is 3.15. The van der Waals surface area contributed by atoms with Crippen molar-refractivity contribution in [3.63, 3.8) is 0 Å². The lowest BCUT2D eigenvalue weighted by molar-refractivity contribution is -0.137. The van der Waals surface area contributed by atoms with Crippen LogP contribution in [-0.4, -0.2) is 17.3 Å². The molecular formula is C15H12F5N3O. The van der Waals surface area contributed by atoms with Gasteiger partial charge in [-0.15, -0.1) is 0 Å². The molecule has 1 amide bonds. The second-order valence-corrected chi connectivity index (χ2v) is 4.88. The first kappa shape index (κ1) is 17.6. The Hall–Kier alpha value is -2.71. The molecule has 1 aromatic carbocycles. The lowest BCUT2D eigenvalue weighted by Crippen LogP contribution is -2.33. The molecule has 0 aliphatic heterocycles. The first-order chi connectivity index (χ1) is 11.2. The van der Waals surface area contributed by atoms with Crippen LogP contribution in [0.4, 0.5) is 27.8 Å². The highest BCUT2D eigenvalue weighted by Crippen LogP contribution is 2.32. The third-order valence-corrected chi connectivity index (χ3v) is 3.15. The van der Waals surface area contributed by atoms with Crippen molar-refractivity contribution in [2.75, 3.05) is 5.73 Å². The van der Waals surface area contributed by atoms with Crippen molar-refractivity contribution in [1.29, 1.82) is 0 Å². The van der Waals surface area contributed by atoms with Crippen molar-refractivity contribution in [3.8, 4) is 0 Å². The molecule has 0 aliphatic carbocycles.